The second-order valence-electron chi connectivity index (χ2n) is 3.29. The zero-order valence-electron chi connectivity index (χ0n) is 8.00. The van der Waals surface area contributed by atoms with Crippen molar-refractivity contribution in [2.75, 3.05) is 0 Å². The molecule has 2 N–H and O–H groups in total. The second-order valence-corrected chi connectivity index (χ2v) is 4.05. The maximum Gasteiger partial charge on any atom is 0.110 e. The van der Waals surface area contributed by atoms with Crippen molar-refractivity contribution in [2.24, 2.45) is 11.7 Å². The molecule has 0 saturated carbocycles. The summed E-state index contributed by atoms with van der Waals surface area (Å²) in [5.74, 6) is 0.487. The fraction of sp³-hybridized carbons (Fsp3) is 0.500. The Morgan fingerprint density at radius 1 is 1.62 bits per heavy atom. The van der Waals surface area contributed by atoms with E-state index in [1.165, 1.54) is 0 Å². The molecule has 1 aromatic rings. The lowest BCUT2D eigenvalue weighted by atomic mass is 9.95. The van der Waals surface area contributed by atoms with Crippen molar-refractivity contribution < 1.29 is 0 Å². The van der Waals surface area contributed by atoms with Gasteiger partial charge in [-0.15, -0.1) is 0 Å². The van der Waals surface area contributed by atoms with Gasteiger partial charge in [0.15, 0.2) is 0 Å². The van der Waals surface area contributed by atoms with E-state index in [-0.39, 0.29) is 6.04 Å². The third-order valence-corrected chi connectivity index (χ3v) is 3.07. The van der Waals surface area contributed by atoms with E-state index in [1.807, 2.05) is 12.1 Å². The highest BCUT2D eigenvalue weighted by atomic mass is 79.9. The molecule has 1 rings (SSSR count). The molecule has 0 spiro atoms. The van der Waals surface area contributed by atoms with E-state index in [1.54, 1.807) is 6.20 Å². The molecule has 0 aliphatic carbocycles. The monoisotopic (exact) mass is 242 g/mol. The minimum absolute atomic E-state index is 0.0769. The SMILES string of the molecule is CCC(C)[C@H](N)c1cccnc1Br. The van der Waals surface area contributed by atoms with E-state index in [9.17, 15) is 0 Å². The van der Waals surface area contributed by atoms with E-state index in [0.717, 1.165) is 16.6 Å². The summed E-state index contributed by atoms with van der Waals surface area (Å²) in [6, 6.07) is 4.02. The Balaban J connectivity index is 2.88. The van der Waals surface area contributed by atoms with Gasteiger partial charge in [0, 0.05) is 17.8 Å². The zero-order chi connectivity index (χ0) is 9.84. The summed E-state index contributed by atoms with van der Waals surface area (Å²) in [7, 11) is 0. The van der Waals surface area contributed by atoms with Gasteiger partial charge >= 0.3 is 0 Å². The summed E-state index contributed by atoms with van der Waals surface area (Å²) < 4.78 is 0.864. The van der Waals surface area contributed by atoms with Crippen molar-refractivity contribution >= 4 is 15.9 Å². The Bertz CT molecular complexity index is 275. The van der Waals surface area contributed by atoms with Crippen molar-refractivity contribution in [3.8, 4) is 0 Å². The van der Waals surface area contributed by atoms with E-state index in [0.29, 0.717) is 5.92 Å². The van der Waals surface area contributed by atoms with Gasteiger partial charge in [0.05, 0.1) is 0 Å². The molecule has 13 heavy (non-hydrogen) atoms. The normalized spacial score (nSPS) is 15.4. The topological polar surface area (TPSA) is 38.9 Å². The standard InChI is InChI=1S/C10H15BrN2/c1-3-7(2)9(12)8-5-4-6-13-10(8)11/h4-7,9H,3,12H2,1-2H3/t7?,9-/m0/s1. The van der Waals surface area contributed by atoms with Gasteiger partial charge in [0.25, 0.3) is 0 Å². The third-order valence-electron chi connectivity index (χ3n) is 2.40. The van der Waals surface area contributed by atoms with Crippen molar-refractivity contribution in [3.05, 3.63) is 28.5 Å². The number of aromatic nitrogens is 1. The first-order valence-corrected chi connectivity index (χ1v) is 5.32. The van der Waals surface area contributed by atoms with Crippen LogP contribution in [0, 0.1) is 5.92 Å². The molecule has 72 valence electrons. The van der Waals surface area contributed by atoms with Gasteiger partial charge < -0.3 is 5.73 Å². The summed E-state index contributed by atoms with van der Waals surface area (Å²) in [4.78, 5) is 4.15. The van der Waals surface area contributed by atoms with E-state index in [4.69, 9.17) is 5.73 Å². The summed E-state index contributed by atoms with van der Waals surface area (Å²) >= 11 is 3.40. The van der Waals surface area contributed by atoms with Crippen LogP contribution in [0.15, 0.2) is 22.9 Å². The Morgan fingerprint density at radius 2 is 2.31 bits per heavy atom. The first kappa shape index (κ1) is 10.7. The fourth-order valence-corrected chi connectivity index (χ4v) is 1.72. The van der Waals surface area contributed by atoms with Gasteiger partial charge in [-0.2, -0.15) is 0 Å². The number of nitrogens with zero attached hydrogens (tertiary/aromatic N) is 1. The maximum atomic E-state index is 6.08. The maximum absolute atomic E-state index is 6.08. The van der Waals surface area contributed by atoms with Crippen molar-refractivity contribution in [3.63, 3.8) is 0 Å². The Labute approximate surface area is 87.7 Å². The van der Waals surface area contributed by atoms with Crippen LogP contribution < -0.4 is 5.73 Å². The van der Waals surface area contributed by atoms with Crippen LogP contribution in [-0.2, 0) is 0 Å². The molecule has 2 nitrogen and oxygen atoms in total. The number of nitrogens with two attached hydrogens (primary N) is 1. The van der Waals surface area contributed by atoms with Crippen LogP contribution in [0.4, 0.5) is 0 Å². The lowest BCUT2D eigenvalue weighted by Crippen LogP contribution is -2.19. The zero-order valence-corrected chi connectivity index (χ0v) is 9.58. The van der Waals surface area contributed by atoms with Gasteiger partial charge in [-0.25, -0.2) is 4.98 Å². The van der Waals surface area contributed by atoms with Crippen LogP contribution in [0.25, 0.3) is 0 Å². The first-order valence-electron chi connectivity index (χ1n) is 4.52. The first-order chi connectivity index (χ1) is 6.16. The number of hydrogen-bond acceptors (Lipinski definition) is 2. The average molecular weight is 243 g/mol. The molecule has 0 aliphatic heterocycles. The lowest BCUT2D eigenvalue weighted by Gasteiger charge is -2.19. The lowest BCUT2D eigenvalue weighted by molar-refractivity contribution is 0.454. The second kappa shape index (κ2) is 4.72. The summed E-state index contributed by atoms with van der Waals surface area (Å²) in [5, 5.41) is 0. The summed E-state index contributed by atoms with van der Waals surface area (Å²) in [5.41, 5.74) is 7.17. The van der Waals surface area contributed by atoms with Gasteiger partial charge in [-0.1, -0.05) is 26.3 Å². The molecule has 0 radical (unpaired) electrons. The smallest absolute Gasteiger partial charge is 0.110 e. The van der Waals surface area contributed by atoms with E-state index >= 15 is 0 Å². The predicted octanol–water partition coefficient (Wildman–Crippen LogP) is 2.89. The molecule has 1 unspecified atom stereocenters. The summed E-state index contributed by atoms with van der Waals surface area (Å²) in [6.45, 7) is 4.30. The predicted molar refractivity (Wildman–Crippen MR) is 58.3 cm³/mol. The number of rotatable bonds is 3. The highest BCUT2D eigenvalue weighted by molar-refractivity contribution is 9.10. The highest BCUT2D eigenvalue weighted by Crippen LogP contribution is 2.26. The van der Waals surface area contributed by atoms with Crippen molar-refractivity contribution in [1.82, 2.24) is 4.98 Å². The minimum atomic E-state index is 0.0769. The molecular weight excluding hydrogens is 228 g/mol. The number of halogens is 1. The van der Waals surface area contributed by atoms with Crippen molar-refractivity contribution in [2.45, 2.75) is 26.3 Å². The molecule has 0 bridgehead atoms. The van der Waals surface area contributed by atoms with Crippen LogP contribution >= 0.6 is 15.9 Å². The van der Waals surface area contributed by atoms with Crippen LogP contribution in [0.5, 0.6) is 0 Å². The highest BCUT2D eigenvalue weighted by Gasteiger charge is 2.15. The van der Waals surface area contributed by atoms with Crippen LogP contribution in [0.3, 0.4) is 0 Å². The summed E-state index contributed by atoms with van der Waals surface area (Å²) in [6.07, 6.45) is 2.85. The molecule has 1 aromatic heterocycles. The quantitative estimate of drug-likeness (QED) is 0.829. The molecule has 2 atom stereocenters. The van der Waals surface area contributed by atoms with E-state index < -0.39 is 0 Å². The molecule has 0 fully saturated rings. The average Bonchev–Trinajstić information content (AvgIpc) is 2.16. The molecule has 0 amide bonds. The minimum Gasteiger partial charge on any atom is -0.324 e. The van der Waals surface area contributed by atoms with Gasteiger partial charge in [0.1, 0.15) is 4.60 Å². The Morgan fingerprint density at radius 3 is 2.85 bits per heavy atom. The number of hydrogen-bond donors (Lipinski definition) is 1. The third kappa shape index (κ3) is 2.51. The fourth-order valence-electron chi connectivity index (χ4n) is 1.21. The molecule has 0 aromatic carbocycles. The molecular formula is C10H15BrN2. The largest absolute Gasteiger partial charge is 0.324 e. The molecule has 3 heteroatoms. The van der Waals surface area contributed by atoms with E-state index in [2.05, 4.69) is 34.8 Å². The van der Waals surface area contributed by atoms with Crippen LogP contribution in [0.2, 0.25) is 0 Å². The van der Waals surface area contributed by atoms with Crippen molar-refractivity contribution in [1.29, 1.82) is 0 Å². The van der Waals surface area contributed by atoms with Crippen LogP contribution in [-0.4, -0.2) is 4.98 Å². The van der Waals surface area contributed by atoms with Crippen LogP contribution in [0.1, 0.15) is 31.9 Å². The van der Waals surface area contributed by atoms with Gasteiger partial charge in [-0.05, 0) is 27.9 Å². The molecule has 0 saturated heterocycles. The Kier molecular flexibility index (Phi) is 3.88. The Hall–Kier alpha value is -0.410. The molecule has 0 aliphatic rings. The van der Waals surface area contributed by atoms with Gasteiger partial charge in [-0.3, -0.25) is 0 Å². The van der Waals surface area contributed by atoms with Gasteiger partial charge in [0.2, 0.25) is 0 Å². The number of pyridine rings is 1. The molecule has 1 heterocycles.